The second-order valence-corrected chi connectivity index (χ2v) is 4.40. The largest absolute Gasteiger partial charge is 0.383 e. The van der Waals surface area contributed by atoms with Crippen LogP contribution in [0.5, 0.6) is 0 Å². The fourth-order valence-corrected chi connectivity index (χ4v) is 2.00. The number of hydrogen-bond donors (Lipinski definition) is 1. The first-order chi connectivity index (χ1) is 7.69. The number of rotatable bonds is 6. The van der Waals surface area contributed by atoms with Gasteiger partial charge in [-0.3, -0.25) is 0 Å². The van der Waals surface area contributed by atoms with E-state index in [1.807, 2.05) is 12.1 Å². The molecular weight excluding hydrogens is 222 g/mol. The lowest BCUT2D eigenvalue weighted by atomic mass is 10.0. The van der Waals surface area contributed by atoms with Gasteiger partial charge in [-0.05, 0) is 43.1 Å². The zero-order valence-corrected chi connectivity index (χ0v) is 11.0. The average molecular weight is 242 g/mol. The Labute approximate surface area is 103 Å². The van der Waals surface area contributed by atoms with Gasteiger partial charge in [0.05, 0.1) is 12.6 Å². The van der Waals surface area contributed by atoms with Crippen LogP contribution < -0.4 is 5.32 Å². The topological polar surface area (TPSA) is 21.3 Å². The highest BCUT2D eigenvalue weighted by Gasteiger charge is 2.12. The standard InChI is InChI=1S/C13H20ClNO/c1-4-7-15-13(9-16-3)12-6-5-11(14)8-10(12)2/h5-6,8,13,15H,4,7,9H2,1-3H3. The Morgan fingerprint density at radius 3 is 2.75 bits per heavy atom. The molecule has 16 heavy (non-hydrogen) atoms. The molecular formula is C13H20ClNO. The lowest BCUT2D eigenvalue weighted by Gasteiger charge is -2.20. The zero-order chi connectivity index (χ0) is 12.0. The Morgan fingerprint density at radius 1 is 1.44 bits per heavy atom. The van der Waals surface area contributed by atoms with Crippen LogP contribution in [0.2, 0.25) is 5.02 Å². The molecule has 0 heterocycles. The highest BCUT2D eigenvalue weighted by Crippen LogP contribution is 2.21. The minimum atomic E-state index is 0.252. The van der Waals surface area contributed by atoms with Gasteiger partial charge in [-0.25, -0.2) is 0 Å². The molecule has 0 saturated carbocycles. The summed E-state index contributed by atoms with van der Waals surface area (Å²) in [6.45, 7) is 5.92. The van der Waals surface area contributed by atoms with E-state index in [1.165, 1.54) is 11.1 Å². The fraction of sp³-hybridized carbons (Fsp3) is 0.538. The van der Waals surface area contributed by atoms with Gasteiger partial charge in [-0.2, -0.15) is 0 Å². The van der Waals surface area contributed by atoms with Crippen LogP contribution in [0.3, 0.4) is 0 Å². The van der Waals surface area contributed by atoms with Gasteiger partial charge in [0.25, 0.3) is 0 Å². The van der Waals surface area contributed by atoms with E-state index in [2.05, 4.69) is 25.2 Å². The van der Waals surface area contributed by atoms with Gasteiger partial charge < -0.3 is 10.1 Å². The van der Waals surface area contributed by atoms with Gasteiger partial charge in [0.1, 0.15) is 0 Å². The Kier molecular flexibility index (Phi) is 5.81. The summed E-state index contributed by atoms with van der Waals surface area (Å²) in [5.74, 6) is 0. The number of ether oxygens (including phenoxy) is 1. The van der Waals surface area contributed by atoms with Crippen molar-refractivity contribution in [3.8, 4) is 0 Å². The van der Waals surface area contributed by atoms with Gasteiger partial charge in [0, 0.05) is 12.1 Å². The van der Waals surface area contributed by atoms with Gasteiger partial charge in [-0.15, -0.1) is 0 Å². The van der Waals surface area contributed by atoms with Crippen LogP contribution >= 0.6 is 11.6 Å². The van der Waals surface area contributed by atoms with E-state index in [-0.39, 0.29) is 6.04 Å². The first kappa shape index (κ1) is 13.5. The molecule has 0 spiro atoms. The van der Waals surface area contributed by atoms with Crippen molar-refractivity contribution in [3.05, 3.63) is 34.3 Å². The molecule has 1 rings (SSSR count). The summed E-state index contributed by atoms with van der Waals surface area (Å²) in [4.78, 5) is 0. The van der Waals surface area contributed by atoms with Crippen LogP contribution in [0.4, 0.5) is 0 Å². The van der Waals surface area contributed by atoms with E-state index in [9.17, 15) is 0 Å². The van der Waals surface area contributed by atoms with E-state index in [4.69, 9.17) is 16.3 Å². The molecule has 3 heteroatoms. The number of aryl methyl sites for hydroxylation is 1. The van der Waals surface area contributed by atoms with Gasteiger partial charge in [0.2, 0.25) is 0 Å². The Hall–Kier alpha value is -0.570. The molecule has 90 valence electrons. The SMILES string of the molecule is CCCNC(COC)c1ccc(Cl)cc1C. The quantitative estimate of drug-likeness (QED) is 0.825. The summed E-state index contributed by atoms with van der Waals surface area (Å²) >= 11 is 5.95. The summed E-state index contributed by atoms with van der Waals surface area (Å²) in [5.41, 5.74) is 2.47. The number of methoxy groups -OCH3 is 1. The molecule has 1 N–H and O–H groups in total. The smallest absolute Gasteiger partial charge is 0.0657 e. The molecule has 1 atom stereocenters. The van der Waals surface area contributed by atoms with Crippen LogP contribution in [0.1, 0.15) is 30.5 Å². The maximum absolute atomic E-state index is 5.95. The van der Waals surface area contributed by atoms with E-state index in [1.54, 1.807) is 7.11 Å². The number of nitrogens with one attached hydrogen (secondary N) is 1. The van der Waals surface area contributed by atoms with Gasteiger partial charge >= 0.3 is 0 Å². The zero-order valence-electron chi connectivity index (χ0n) is 10.2. The third kappa shape index (κ3) is 3.78. The summed E-state index contributed by atoms with van der Waals surface area (Å²) < 4.78 is 5.25. The molecule has 1 aromatic rings. The monoisotopic (exact) mass is 241 g/mol. The molecule has 0 aliphatic carbocycles. The molecule has 1 aromatic carbocycles. The number of hydrogen-bond acceptors (Lipinski definition) is 2. The van der Waals surface area contributed by atoms with Crippen LogP contribution in [0.25, 0.3) is 0 Å². The highest BCUT2D eigenvalue weighted by atomic mass is 35.5. The normalized spacial score (nSPS) is 12.8. The third-order valence-corrected chi connectivity index (χ3v) is 2.82. The Morgan fingerprint density at radius 2 is 2.19 bits per heavy atom. The van der Waals surface area contributed by atoms with E-state index >= 15 is 0 Å². The molecule has 0 aliphatic heterocycles. The Bertz CT molecular complexity index is 328. The fourth-order valence-electron chi connectivity index (χ4n) is 1.77. The molecule has 0 bridgehead atoms. The summed E-state index contributed by atoms with van der Waals surface area (Å²) in [7, 11) is 1.73. The second-order valence-electron chi connectivity index (χ2n) is 3.96. The molecule has 0 fully saturated rings. The molecule has 2 nitrogen and oxygen atoms in total. The summed E-state index contributed by atoms with van der Waals surface area (Å²) in [6.07, 6.45) is 1.12. The van der Waals surface area contributed by atoms with Crippen LogP contribution in [-0.4, -0.2) is 20.3 Å². The maximum Gasteiger partial charge on any atom is 0.0657 e. The molecule has 0 amide bonds. The maximum atomic E-state index is 5.95. The lowest BCUT2D eigenvalue weighted by molar-refractivity contribution is 0.167. The van der Waals surface area contributed by atoms with Crippen LogP contribution in [0, 0.1) is 6.92 Å². The second kappa shape index (κ2) is 6.89. The van der Waals surface area contributed by atoms with Crippen molar-refractivity contribution in [2.45, 2.75) is 26.3 Å². The van der Waals surface area contributed by atoms with E-state index in [0.29, 0.717) is 6.61 Å². The predicted molar refractivity (Wildman–Crippen MR) is 69.1 cm³/mol. The first-order valence-corrected chi connectivity index (χ1v) is 6.05. The summed E-state index contributed by atoms with van der Waals surface area (Å²) in [6, 6.07) is 6.25. The highest BCUT2D eigenvalue weighted by molar-refractivity contribution is 6.30. The average Bonchev–Trinajstić information content (AvgIpc) is 2.25. The third-order valence-electron chi connectivity index (χ3n) is 2.58. The van der Waals surface area contributed by atoms with Crippen molar-refractivity contribution in [2.75, 3.05) is 20.3 Å². The van der Waals surface area contributed by atoms with Crippen molar-refractivity contribution < 1.29 is 4.74 Å². The van der Waals surface area contributed by atoms with Crippen LogP contribution in [-0.2, 0) is 4.74 Å². The number of benzene rings is 1. The van der Waals surface area contributed by atoms with Gasteiger partial charge in [-0.1, -0.05) is 24.6 Å². The number of halogens is 1. The first-order valence-electron chi connectivity index (χ1n) is 5.67. The van der Waals surface area contributed by atoms with E-state index in [0.717, 1.165) is 18.0 Å². The van der Waals surface area contributed by atoms with Crippen molar-refractivity contribution in [1.29, 1.82) is 0 Å². The van der Waals surface area contributed by atoms with Crippen molar-refractivity contribution in [2.24, 2.45) is 0 Å². The van der Waals surface area contributed by atoms with E-state index < -0.39 is 0 Å². The van der Waals surface area contributed by atoms with Gasteiger partial charge in [0.15, 0.2) is 0 Å². The molecule has 0 saturated heterocycles. The molecule has 1 unspecified atom stereocenters. The molecule has 0 aliphatic rings. The van der Waals surface area contributed by atoms with Crippen molar-refractivity contribution in [1.82, 2.24) is 5.32 Å². The molecule has 0 radical (unpaired) electrons. The minimum absolute atomic E-state index is 0.252. The minimum Gasteiger partial charge on any atom is -0.383 e. The van der Waals surface area contributed by atoms with Crippen LogP contribution in [0.15, 0.2) is 18.2 Å². The van der Waals surface area contributed by atoms with Crippen molar-refractivity contribution in [3.63, 3.8) is 0 Å². The summed E-state index contributed by atoms with van der Waals surface area (Å²) in [5, 5.41) is 4.26. The Balaban J connectivity index is 2.82. The molecule has 0 aromatic heterocycles. The van der Waals surface area contributed by atoms with Crippen molar-refractivity contribution >= 4 is 11.6 Å². The predicted octanol–water partition coefficient (Wildman–Crippen LogP) is 3.34. The lowest BCUT2D eigenvalue weighted by Crippen LogP contribution is -2.26.